The number of pyridine rings is 1. The van der Waals surface area contributed by atoms with E-state index in [1.54, 1.807) is 12.3 Å². The summed E-state index contributed by atoms with van der Waals surface area (Å²) >= 11 is 0. The van der Waals surface area contributed by atoms with Gasteiger partial charge in [0.05, 0.1) is 11.3 Å². The maximum atomic E-state index is 11.2. The molecule has 0 saturated heterocycles. The van der Waals surface area contributed by atoms with Gasteiger partial charge in [-0.1, -0.05) is 51.1 Å². The van der Waals surface area contributed by atoms with Gasteiger partial charge in [0.1, 0.15) is 0 Å². The molecule has 0 amide bonds. The van der Waals surface area contributed by atoms with Crippen LogP contribution in [0.1, 0.15) is 36.7 Å². The van der Waals surface area contributed by atoms with E-state index in [1.165, 1.54) is 5.56 Å². The molecular weight excluding hydrogens is 274 g/mol. The Bertz CT molecular complexity index is 836. The fourth-order valence-corrected chi connectivity index (χ4v) is 2.63. The zero-order valence-electron chi connectivity index (χ0n) is 13.0. The Hall–Kier alpha value is -2.55. The number of carboxylic acids is 1. The van der Waals surface area contributed by atoms with Gasteiger partial charge < -0.3 is 9.51 Å². The van der Waals surface area contributed by atoms with Gasteiger partial charge in [-0.3, -0.25) is 0 Å². The Kier molecular flexibility index (Phi) is 3.28. The van der Waals surface area contributed by atoms with Gasteiger partial charge in [0.25, 0.3) is 0 Å². The summed E-state index contributed by atoms with van der Waals surface area (Å²) in [5, 5.41) is 9.16. The Morgan fingerprint density at radius 1 is 1.05 bits per heavy atom. The number of aromatic carboxylic acids is 1. The minimum Gasteiger partial charge on any atom is -0.478 e. The second-order valence-corrected chi connectivity index (χ2v) is 6.57. The van der Waals surface area contributed by atoms with Crippen molar-refractivity contribution >= 4 is 11.5 Å². The lowest BCUT2D eigenvalue weighted by Gasteiger charge is -2.19. The molecule has 1 aromatic carbocycles. The summed E-state index contributed by atoms with van der Waals surface area (Å²) in [6.45, 7) is 6.56. The smallest absolute Gasteiger partial charge is 0.337 e. The van der Waals surface area contributed by atoms with Gasteiger partial charge in [0.2, 0.25) is 0 Å². The second kappa shape index (κ2) is 5.02. The predicted molar refractivity (Wildman–Crippen MR) is 88.5 cm³/mol. The van der Waals surface area contributed by atoms with Gasteiger partial charge in [-0.15, -0.1) is 0 Å². The van der Waals surface area contributed by atoms with Crippen LogP contribution >= 0.6 is 0 Å². The fraction of sp³-hybridized carbons (Fsp3) is 0.211. The van der Waals surface area contributed by atoms with Gasteiger partial charge >= 0.3 is 5.97 Å². The molecule has 22 heavy (non-hydrogen) atoms. The highest BCUT2D eigenvalue weighted by Gasteiger charge is 2.14. The molecule has 1 N–H and O–H groups in total. The van der Waals surface area contributed by atoms with Crippen LogP contribution in [0.2, 0.25) is 0 Å². The van der Waals surface area contributed by atoms with E-state index in [4.69, 9.17) is 5.11 Å². The SMILES string of the molecule is CC(C)(C)c1ccc(-c2cccc3cc(C(=O)O)cn23)cc1. The summed E-state index contributed by atoms with van der Waals surface area (Å²) < 4.78 is 1.93. The van der Waals surface area contributed by atoms with Gasteiger partial charge in [-0.25, -0.2) is 4.79 Å². The predicted octanol–water partition coefficient (Wildman–Crippen LogP) is 4.60. The molecule has 0 aliphatic carbocycles. The highest BCUT2D eigenvalue weighted by atomic mass is 16.4. The summed E-state index contributed by atoms with van der Waals surface area (Å²) in [7, 11) is 0. The Morgan fingerprint density at radius 2 is 1.73 bits per heavy atom. The van der Waals surface area contributed by atoms with Gasteiger partial charge in [-0.2, -0.15) is 0 Å². The molecule has 3 heteroatoms. The van der Waals surface area contributed by atoms with Crippen LogP contribution in [-0.4, -0.2) is 15.5 Å². The third-order valence-electron chi connectivity index (χ3n) is 3.92. The first-order valence-electron chi connectivity index (χ1n) is 7.31. The minimum atomic E-state index is -0.905. The second-order valence-electron chi connectivity index (χ2n) is 6.57. The molecular formula is C19H19NO2. The Morgan fingerprint density at radius 3 is 2.32 bits per heavy atom. The standard InChI is InChI=1S/C19H19NO2/c1-19(2,3)15-9-7-13(8-10-15)17-6-4-5-16-11-14(18(21)22)12-20(16)17/h4-12H,1-3H3,(H,21,22). The first kappa shape index (κ1) is 14.4. The number of hydrogen-bond acceptors (Lipinski definition) is 1. The third kappa shape index (κ3) is 2.50. The normalized spacial score (nSPS) is 11.8. The molecule has 0 bridgehead atoms. The maximum absolute atomic E-state index is 11.2. The molecule has 3 rings (SSSR count). The molecule has 0 unspecified atom stereocenters. The van der Waals surface area contributed by atoms with Crippen LogP contribution in [0.15, 0.2) is 54.7 Å². The Balaban J connectivity index is 2.12. The van der Waals surface area contributed by atoms with Crippen molar-refractivity contribution in [3.63, 3.8) is 0 Å². The molecule has 2 aromatic heterocycles. The quantitative estimate of drug-likeness (QED) is 0.750. The first-order chi connectivity index (χ1) is 10.4. The highest BCUT2D eigenvalue weighted by Crippen LogP contribution is 2.27. The third-order valence-corrected chi connectivity index (χ3v) is 3.92. The number of aromatic nitrogens is 1. The summed E-state index contributed by atoms with van der Waals surface area (Å²) in [5.41, 5.74) is 4.65. The van der Waals surface area contributed by atoms with E-state index in [0.717, 1.165) is 16.8 Å². The van der Waals surface area contributed by atoms with Crippen molar-refractivity contribution in [2.75, 3.05) is 0 Å². The summed E-state index contributed by atoms with van der Waals surface area (Å²) in [4.78, 5) is 11.2. The van der Waals surface area contributed by atoms with Crippen LogP contribution in [0.3, 0.4) is 0 Å². The zero-order chi connectivity index (χ0) is 15.9. The van der Waals surface area contributed by atoms with E-state index in [1.807, 2.05) is 22.6 Å². The zero-order valence-corrected chi connectivity index (χ0v) is 13.0. The van der Waals surface area contributed by atoms with E-state index in [0.29, 0.717) is 5.56 Å². The van der Waals surface area contributed by atoms with E-state index in [9.17, 15) is 4.79 Å². The molecule has 0 aliphatic heterocycles. The van der Waals surface area contributed by atoms with Crippen molar-refractivity contribution in [1.29, 1.82) is 0 Å². The largest absolute Gasteiger partial charge is 0.478 e. The molecule has 0 aliphatic rings. The number of hydrogen-bond donors (Lipinski definition) is 1. The van der Waals surface area contributed by atoms with Crippen LogP contribution in [-0.2, 0) is 5.41 Å². The van der Waals surface area contributed by atoms with Crippen molar-refractivity contribution in [1.82, 2.24) is 4.40 Å². The maximum Gasteiger partial charge on any atom is 0.337 e. The van der Waals surface area contributed by atoms with Crippen molar-refractivity contribution in [2.24, 2.45) is 0 Å². The van der Waals surface area contributed by atoms with E-state index >= 15 is 0 Å². The topological polar surface area (TPSA) is 41.7 Å². The number of benzene rings is 1. The van der Waals surface area contributed by atoms with E-state index < -0.39 is 5.97 Å². The number of fused-ring (bicyclic) bond motifs is 1. The fourth-order valence-electron chi connectivity index (χ4n) is 2.63. The average Bonchev–Trinajstić information content (AvgIpc) is 2.90. The molecule has 3 aromatic rings. The molecule has 0 saturated carbocycles. The van der Waals surface area contributed by atoms with Crippen LogP contribution in [0, 0.1) is 0 Å². The molecule has 0 atom stereocenters. The van der Waals surface area contributed by atoms with Crippen LogP contribution in [0.4, 0.5) is 0 Å². The van der Waals surface area contributed by atoms with Crippen molar-refractivity contribution in [2.45, 2.75) is 26.2 Å². The van der Waals surface area contributed by atoms with E-state index in [2.05, 4.69) is 45.0 Å². The van der Waals surface area contributed by atoms with Gasteiger partial charge in [0.15, 0.2) is 0 Å². The molecule has 3 nitrogen and oxygen atoms in total. The summed E-state index contributed by atoms with van der Waals surface area (Å²) in [5.74, 6) is -0.905. The van der Waals surface area contributed by atoms with Crippen molar-refractivity contribution in [3.8, 4) is 11.3 Å². The lowest BCUT2D eigenvalue weighted by molar-refractivity contribution is 0.0697. The number of carbonyl (C=O) groups is 1. The number of carboxylic acid groups (broad SMARTS) is 1. The summed E-state index contributed by atoms with van der Waals surface area (Å²) in [6, 6.07) is 16.0. The first-order valence-corrected chi connectivity index (χ1v) is 7.31. The molecule has 2 heterocycles. The minimum absolute atomic E-state index is 0.120. The lowest BCUT2D eigenvalue weighted by Crippen LogP contribution is -2.10. The number of rotatable bonds is 2. The highest BCUT2D eigenvalue weighted by molar-refractivity contribution is 5.90. The number of nitrogens with zero attached hydrogens (tertiary/aromatic N) is 1. The summed E-state index contributed by atoms with van der Waals surface area (Å²) in [6.07, 6.45) is 1.67. The van der Waals surface area contributed by atoms with E-state index in [-0.39, 0.29) is 5.41 Å². The molecule has 0 fully saturated rings. The van der Waals surface area contributed by atoms with Crippen molar-refractivity contribution in [3.05, 3.63) is 65.9 Å². The molecule has 0 radical (unpaired) electrons. The Labute approximate surface area is 129 Å². The molecule has 112 valence electrons. The van der Waals surface area contributed by atoms with Gasteiger partial charge in [0, 0.05) is 11.7 Å². The molecule has 0 spiro atoms. The lowest BCUT2D eigenvalue weighted by atomic mass is 9.86. The van der Waals surface area contributed by atoms with Gasteiger partial charge in [-0.05, 0) is 34.7 Å². The monoisotopic (exact) mass is 293 g/mol. The average molecular weight is 293 g/mol. The van der Waals surface area contributed by atoms with Crippen LogP contribution < -0.4 is 0 Å². The van der Waals surface area contributed by atoms with Crippen LogP contribution in [0.5, 0.6) is 0 Å². The van der Waals surface area contributed by atoms with Crippen molar-refractivity contribution < 1.29 is 9.90 Å². The van der Waals surface area contributed by atoms with Crippen LogP contribution in [0.25, 0.3) is 16.8 Å².